The fraction of sp³-hybridized carbons (Fsp3) is 0.647. The molecular weight excluding hydrogens is 282 g/mol. The molecule has 0 radical (unpaired) electrons. The molecule has 2 atom stereocenters. The van der Waals surface area contributed by atoms with Crippen LogP contribution in [0.4, 0.5) is 0 Å². The molecule has 0 saturated heterocycles. The smallest absolute Gasteiger partial charge is 0.182 e. The fourth-order valence-corrected chi connectivity index (χ4v) is 5.57. The van der Waals surface area contributed by atoms with Gasteiger partial charge in [-0.1, -0.05) is 32.9 Å². The number of hydrogen-bond acceptors (Lipinski definition) is 3. The third-order valence-electron chi connectivity index (χ3n) is 4.62. The first kappa shape index (κ1) is 16.5. The van der Waals surface area contributed by atoms with E-state index in [-0.39, 0.29) is 16.7 Å². The van der Waals surface area contributed by atoms with E-state index in [1.165, 1.54) is 0 Å². The van der Waals surface area contributed by atoms with E-state index in [2.05, 4.69) is 26.1 Å². The molecule has 21 heavy (non-hydrogen) atoms. The van der Waals surface area contributed by atoms with E-state index >= 15 is 0 Å². The molecule has 1 aliphatic rings. The van der Waals surface area contributed by atoms with Gasteiger partial charge in [-0.15, -0.1) is 0 Å². The van der Waals surface area contributed by atoms with E-state index in [9.17, 15) is 8.42 Å². The van der Waals surface area contributed by atoms with Crippen LogP contribution in [0.1, 0.15) is 45.6 Å². The molecule has 3 nitrogen and oxygen atoms in total. The molecule has 118 valence electrons. The fourth-order valence-electron chi connectivity index (χ4n) is 3.35. The van der Waals surface area contributed by atoms with Gasteiger partial charge in [0.05, 0.1) is 10.1 Å². The summed E-state index contributed by atoms with van der Waals surface area (Å²) in [4.78, 5) is 0.466. The lowest BCUT2D eigenvalue weighted by molar-refractivity contribution is 0.285. The lowest BCUT2D eigenvalue weighted by Crippen LogP contribution is -2.47. The molecule has 4 heteroatoms. The van der Waals surface area contributed by atoms with Gasteiger partial charge in [0.25, 0.3) is 0 Å². The number of nitrogens with one attached hydrogen (secondary N) is 1. The zero-order chi connectivity index (χ0) is 15.7. The van der Waals surface area contributed by atoms with Crippen LogP contribution in [-0.2, 0) is 9.84 Å². The minimum Gasteiger partial charge on any atom is -0.312 e. The maximum Gasteiger partial charge on any atom is 0.182 e. The summed E-state index contributed by atoms with van der Waals surface area (Å²) in [6.45, 7) is 9.26. The summed E-state index contributed by atoms with van der Waals surface area (Å²) in [5, 5.41) is 3.16. The Morgan fingerprint density at radius 1 is 1.33 bits per heavy atom. The lowest BCUT2D eigenvalue weighted by Gasteiger charge is -2.31. The van der Waals surface area contributed by atoms with Gasteiger partial charge in [0.2, 0.25) is 0 Å². The molecule has 1 fully saturated rings. The third-order valence-corrected chi connectivity index (χ3v) is 6.83. The van der Waals surface area contributed by atoms with Crippen LogP contribution in [0.25, 0.3) is 0 Å². The van der Waals surface area contributed by atoms with E-state index in [1.807, 2.05) is 19.1 Å². The summed E-state index contributed by atoms with van der Waals surface area (Å²) in [5.74, 6) is 0. The van der Waals surface area contributed by atoms with Crippen molar-refractivity contribution in [1.82, 2.24) is 5.32 Å². The SMILES string of the molecule is CCCNC1C(S(=O)(=O)c2cccc(C)c2)CCC1(C)C. The quantitative estimate of drug-likeness (QED) is 0.907. The second-order valence-electron chi connectivity index (χ2n) is 6.86. The third kappa shape index (κ3) is 3.32. The van der Waals surface area contributed by atoms with Gasteiger partial charge in [-0.25, -0.2) is 8.42 Å². The van der Waals surface area contributed by atoms with E-state index in [4.69, 9.17) is 0 Å². The van der Waals surface area contributed by atoms with Gasteiger partial charge >= 0.3 is 0 Å². The Kier molecular flexibility index (Phi) is 4.79. The number of hydrogen-bond donors (Lipinski definition) is 1. The van der Waals surface area contributed by atoms with Crippen LogP contribution in [0.5, 0.6) is 0 Å². The number of sulfone groups is 1. The van der Waals surface area contributed by atoms with E-state index in [1.54, 1.807) is 12.1 Å². The second kappa shape index (κ2) is 6.09. The van der Waals surface area contributed by atoms with Crippen LogP contribution >= 0.6 is 0 Å². The lowest BCUT2D eigenvalue weighted by atomic mass is 9.87. The summed E-state index contributed by atoms with van der Waals surface area (Å²) < 4.78 is 26.0. The number of aryl methyl sites for hydroxylation is 1. The number of rotatable bonds is 5. The highest BCUT2D eigenvalue weighted by molar-refractivity contribution is 7.92. The van der Waals surface area contributed by atoms with Crippen molar-refractivity contribution in [3.8, 4) is 0 Å². The van der Waals surface area contributed by atoms with Gasteiger partial charge in [0, 0.05) is 6.04 Å². The van der Waals surface area contributed by atoms with Crippen LogP contribution < -0.4 is 5.32 Å². The Bertz CT molecular complexity index is 593. The summed E-state index contributed by atoms with van der Waals surface area (Å²) in [6, 6.07) is 7.31. The molecule has 1 saturated carbocycles. The largest absolute Gasteiger partial charge is 0.312 e. The van der Waals surface area contributed by atoms with Crippen molar-refractivity contribution in [1.29, 1.82) is 0 Å². The summed E-state index contributed by atoms with van der Waals surface area (Å²) >= 11 is 0. The normalized spacial score (nSPS) is 25.1. The first-order valence-corrected chi connectivity index (χ1v) is 9.37. The maximum absolute atomic E-state index is 13.0. The van der Waals surface area contributed by atoms with E-state index in [0.29, 0.717) is 4.90 Å². The first-order chi connectivity index (χ1) is 9.79. The topological polar surface area (TPSA) is 46.2 Å². The summed E-state index contributed by atoms with van der Waals surface area (Å²) in [5.41, 5.74) is 1.02. The molecule has 1 aromatic carbocycles. The molecule has 1 N–H and O–H groups in total. The molecule has 1 aromatic rings. The van der Waals surface area contributed by atoms with Gasteiger partial charge in [-0.2, -0.15) is 0 Å². The van der Waals surface area contributed by atoms with Crippen LogP contribution in [0, 0.1) is 12.3 Å². The van der Waals surface area contributed by atoms with Crippen molar-refractivity contribution in [3.05, 3.63) is 29.8 Å². The average Bonchev–Trinajstić information content (AvgIpc) is 2.72. The highest BCUT2D eigenvalue weighted by Crippen LogP contribution is 2.42. The van der Waals surface area contributed by atoms with Gasteiger partial charge in [0.15, 0.2) is 9.84 Å². The molecule has 2 unspecified atom stereocenters. The zero-order valence-corrected chi connectivity index (χ0v) is 14.3. The van der Waals surface area contributed by atoms with Crippen molar-refractivity contribution in [2.75, 3.05) is 6.54 Å². The van der Waals surface area contributed by atoms with Gasteiger partial charge in [0.1, 0.15) is 0 Å². The second-order valence-corrected chi connectivity index (χ2v) is 9.03. The average molecular weight is 309 g/mol. The van der Waals surface area contributed by atoms with Gasteiger partial charge in [-0.05, 0) is 55.8 Å². The standard InChI is InChI=1S/C17H27NO2S/c1-5-11-18-16-15(9-10-17(16,3)4)21(19,20)14-8-6-7-13(2)12-14/h6-8,12,15-16,18H,5,9-11H2,1-4H3. The zero-order valence-electron chi connectivity index (χ0n) is 13.5. The summed E-state index contributed by atoms with van der Waals surface area (Å²) in [7, 11) is -3.27. The first-order valence-electron chi connectivity index (χ1n) is 7.83. The van der Waals surface area contributed by atoms with Crippen molar-refractivity contribution in [3.63, 3.8) is 0 Å². The Balaban J connectivity index is 2.34. The highest BCUT2D eigenvalue weighted by Gasteiger charge is 2.47. The predicted molar refractivity (Wildman–Crippen MR) is 87.2 cm³/mol. The van der Waals surface area contributed by atoms with Crippen LogP contribution in [0.3, 0.4) is 0 Å². The van der Waals surface area contributed by atoms with Gasteiger partial charge in [-0.3, -0.25) is 0 Å². The van der Waals surface area contributed by atoms with Crippen molar-refractivity contribution < 1.29 is 8.42 Å². The Labute approximate surface area is 129 Å². The van der Waals surface area contributed by atoms with E-state index < -0.39 is 9.84 Å². The molecule has 0 amide bonds. The Morgan fingerprint density at radius 2 is 2.05 bits per heavy atom. The molecule has 1 aliphatic carbocycles. The molecule has 0 aliphatic heterocycles. The van der Waals surface area contributed by atoms with Crippen molar-refractivity contribution >= 4 is 9.84 Å². The Morgan fingerprint density at radius 3 is 2.67 bits per heavy atom. The van der Waals surface area contributed by atoms with Crippen LogP contribution in [0.15, 0.2) is 29.2 Å². The minimum atomic E-state index is -3.27. The van der Waals surface area contributed by atoms with Crippen LogP contribution in [0.2, 0.25) is 0 Å². The highest BCUT2D eigenvalue weighted by atomic mass is 32.2. The van der Waals surface area contributed by atoms with Crippen molar-refractivity contribution in [2.24, 2.45) is 5.41 Å². The maximum atomic E-state index is 13.0. The Hall–Kier alpha value is -0.870. The summed E-state index contributed by atoms with van der Waals surface area (Å²) in [6.07, 6.45) is 2.71. The monoisotopic (exact) mass is 309 g/mol. The van der Waals surface area contributed by atoms with Crippen molar-refractivity contribution in [2.45, 2.75) is 63.1 Å². The molecular formula is C17H27NO2S. The van der Waals surface area contributed by atoms with E-state index in [0.717, 1.165) is 31.4 Å². The van der Waals surface area contributed by atoms with Crippen LogP contribution in [-0.4, -0.2) is 26.3 Å². The molecule has 0 heterocycles. The molecule has 0 spiro atoms. The number of benzene rings is 1. The predicted octanol–water partition coefficient (Wildman–Crippen LogP) is 3.33. The minimum absolute atomic E-state index is 0.0245. The molecule has 2 rings (SSSR count). The molecule has 0 aromatic heterocycles. The molecule has 0 bridgehead atoms. The van der Waals surface area contributed by atoms with Gasteiger partial charge < -0.3 is 5.32 Å².